The van der Waals surface area contributed by atoms with Crippen molar-refractivity contribution in [2.24, 2.45) is 0 Å². The van der Waals surface area contributed by atoms with Crippen molar-refractivity contribution >= 4 is 0 Å². The second-order valence-electron chi connectivity index (χ2n) is 4.49. The Balaban J connectivity index is 1.85. The van der Waals surface area contributed by atoms with E-state index in [0.717, 1.165) is 39.3 Å². The average Bonchev–Trinajstić information content (AvgIpc) is 2.78. The molecule has 1 fully saturated rings. The number of ether oxygens (including phenoxy) is 1. The van der Waals surface area contributed by atoms with E-state index >= 15 is 0 Å². The number of aryl methyl sites for hydroxylation is 1. The van der Waals surface area contributed by atoms with E-state index in [2.05, 4.69) is 28.4 Å². The molecule has 1 aliphatic heterocycles. The van der Waals surface area contributed by atoms with Crippen molar-refractivity contribution < 1.29 is 4.74 Å². The van der Waals surface area contributed by atoms with Crippen LogP contribution in [0.3, 0.4) is 0 Å². The van der Waals surface area contributed by atoms with Crippen molar-refractivity contribution in [3.05, 3.63) is 18.0 Å². The number of nitrogens with zero attached hydrogens (tertiary/aromatic N) is 3. The van der Waals surface area contributed by atoms with Gasteiger partial charge in [0.1, 0.15) is 0 Å². The van der Waals surface area contributed by atoms with Crippen LogP contribution in [0.4, 0.5) is 0 Å². The largest absolute Gasteiger partial charge is 0.374 e. The van der Waals surface area contributed by atoms with Gasteiger partial charge in [-0.1, -0.05) is 0 Å². The van der Waals surface area contributed by atoms with E-state index in [-0.39, 0.29) is 0 Å². The summed E-state index contributed by atoms with van der Waals surface area (Å²) in [4.78, 5) is 2.43. The van der Waals surface area contributed by atoms with E-state index in [1.165, 1.54) is 5.56 Å². The monoisotopic (exact) mass is 238 g/mol. The molecule has 1 aliphatic rings. The molecule has 1 aromatic heterocycles. The van der Waals surface area contributed by atoms with Gasteiger partial charge in [0.2, 0.25) is 0 Å². The zero-order chi connectivity index (χ0) is 12.1. The summed E-state index contributed by atoms with van der Waals surface area (Å²) in [5, 5.41) is 7.47. The number of morpholine rings is 1. The first kappa shape index (κ1) is 12.5. The molecule has 1 atom stereocenters. The van der Waals surface area contributed by atoms with E-state index in [1.807, 2.05) is 17.9 Å². The molecule has 1 N–H and O–H groups in total. The first-order valence-corrected chi connectivity index (χ1v) is 6.31. The van der Waals surface area contributed by atoms with Crippen LogP contribution in [-0.4, -0.2) is 54.1 Å². The van der Waals surface area contributed by atoms with Crippen molar-refractivity contribution in [3.63, 3.8) is 0 Å². The van der Waals surface area contributed by atoms with E-state index < -0.39 is 0 Å². The summed E-state index contributed by atoms with van der Waals surface area (Å²) in [6.07, 6.45) is 4.41. The summed E-state index contributed by atoms with van der Waals surface area (Å²) < 4.78 is 7.66. The normalized spacial score (nSPS) is 21.9. The maximum absolute atomic E-state index is 5.69. The van der Waals surface area contributed by atoms with Crippen LogP contribution in [0.2, 0.25) is 0 Å². The lowest BCUT2D eigenvalue weighted by Crippen LogP contribution is -2.45. The van der Waals surface area contributed by atoms with Gasteiger partial charge < -0.3 is 10.1 Å². The molecule has 1 aromatic rings. The highest BCUT2D eigenvalue weighted by Gasteiger charge is 2.19. The molecule has 1 saturated heterocycles. The molecule has 1 unspecified atom stereocenters. The summed E-state index contributed by atoms with van der Waals surface area (Å²) in [5.41, 5.74) is 1.29. The van der Waals surface area contributed by atoms with Gasteiger partial charge in [-0.05, 0) is 14.0 Å². The molecular formula is C12H22N4O. The molecule has 5 nitrogen and oxygen atoms in total. The topological polar surface area (TPSA) is 42.3 Å². The molecule has 0 amide bonds. The lowest BCUT2D eigenvalue weighted by Gasteiger charge is -2.32. The van der Waals surface area contributed by atoms with Crippen molar-refractivity contribution in [1.82, 2.24) is 20.0 Å². The summed E-state index contributed by atoms with van der Waals surface area (Å²) in [6.45, 7) is 7.78. The Hall–Kier alpha value is -0.910. The first-order valence-electron chi connectivity index (χ1n) is 6.31. The molecule has 0 aromatic carbocycles. The molecule has 2 rings (SSSR count). The Morgan fingerprint density at radius 1 is 1.59 bits per heavy atom. The fourth-order valence-electron chi connectivity index (χ4n) is 2.19. The van der Waals surface area contributed by atoms with Gasteiger partial charge >= 0.3 is 0 Å². The maximum Gasteiger partial charge on any atom is 0.0826 e. The van der Waals surface area contributed by atoms with Crippen LogP contribution in [-0.2, 0) is 17.8 Å². The molecule has 2 heterocycles. The van der Waals surface area contributed by atoms with Gasteiger partial charge in [0.15, 0.2) is 0 Å². The van der Waals surface area contributed by atoms with Crippen LogP contribution in [0.25, 0.3) is 0 Å². The van der Waals surface area contributed by atoms with Gasteiger partial charge in [-0.2, -0.15) is 5.10 Å². The minimum absolute atomic E-state index is 0.315. The quantitative estimate of drug-likeness (QED) is 0.802. The van der Waals surface area contributed by atoms with Crippen LogP contribution in [0.5, 0.6) is 0 Å². The van der Waals surface area contributed by atoms with E-state index in [1.54, 1.807) is 0 Å². The maximum atomic E-state index is 5.69. The standard InChI is InChI=1S/C12H22N4O/c1-3-16-9-11(6-14-16)8-15-4-5-17-12(10-15)7-13-2/h6,9,12-13H,3-5,7-8,10H2,1-2H3. The Bertz CT molecular complexity index is 337. The first-order chi connectivity index (χ1) is 8.31. The van der Waals surface area contributed by atoms with Crippen LogP contribution in [0, 0.1) is 0 Å². The lowest BCUT2D eigenvalue weighted by molar-refractivity contribution is -0.0291. The number of aromatic nitrogens is 2. The molecule has 0 saturated carbocycles. The Morgan fingerprint density at radius 3 is 3.18 bits per heavy atom. The molecule has 0 spiro atoms. The fraction of sp³-hybridized carbons (Fsp3) is 0.750. The van der Waals surface area contributed by atoms with Gasteiger partial charge in [0.05, 0.1) is 18.9 Å². The Kier molecular flexibility index (Phi) is 4.53. The van der Waals surface area contributed by atoms with Crippen LogP contribution in [0.15, 0.2) is 12.4 Å². The van der Waals surface area contributed by atoms with Crippen molar-refractivity contribution in [3.8, 4) is 0 Å². The van der Waals surface area contributed by atoms with Gasteiger partial charge in [-0.15, -0.1) is 0 Å². The molecule has 0 aliphatic carbocycles. The minimum atomic E-state index is 0.315. The Morgan fingerprint density at radius 2 is 2.47 bits per heavy atom. The minimum Gasteiger partial charge on any atom is -0.374 e. The van der Waals surface area contributed by atoms with Gasteiger partial charge in [0, 0.05) is 44.5 Å². The SMILES string of the molecule is CCn1cc(CN2CCOC(CNC)C2)cn1. The van der Waals surface area contributed by atoms with E-state index in [0.29, 0.717) is 6.10 Å². The van der Waals surface area contributed by atoms with Gasteiger partial charge in [-0.3, -0.25) is 9.58 Å². The van der Waals surface area contributed by atoms with Crippen LogP contribution < -0.4 is 5.32 Å². The second kappa shape index (κ2) is 6.14. The van der Waals surface area contributed by atoms with E-state index in [4.69, 9.17) is 4.74 Å². The Labute approximate surface area is 103 Å². The zero-order valence-electron chi connectivity index (χ0n) is 10.7. The van der Waals surface area contributed by atoms with Crippen LogP contribution >= 0.6 is 0 Å². The number of hydrogen-bond acceptors (Lipinski definition) is 4. The molecule has 0 radical (unpaired) electrons. The van der Waals surface area contributed by atoms with Crippen molar-refractivity contribution in [1.29, 1.82) is 0 Å². The average molecular weight is 238 g/mol. The molecular weight excluding hydrogens is 216 g/mol. The zero-order valence-corrected chi connectivity index (χ0v) is 10.7. The summed E-state index contributed by atoms with van der Waals surface area (Å²) in [7, 11) is 1.97. The summed E-state index contributed by atoms with van der Waals surface area (Å²) in [5.74, 6) is 0. The lowest BCUT2D eigenvalue weighted by atomic mass is 10.2. The highest BCUT2D eigenvalue weighted by molar-refractivity contribution is 5.03. The fourth-order valence-corrected chi connectivity index (χ4v) is 2.19. The number of rotatable bonds is 5. The summed E-state index contributed by atoms with van der Waals surface area (Å²) >= 11 is 0. The number of hydrogen-bond donors (Lipinski definition) is 1. The van der Waals surface area contributed by atoms with Crippen LogP contribution in [0.1, 0.15) is 12.5 Å². The number of nitrogens with one attached hydrogen (secondary N) is 1. The third-order valence-corrected chi connectivity index (χ3v) is 3.07. The smallest absolute Gasteiger partial charge is 0.0826 e. The predicted octanol–water partition coefficient (Wildman–Crippen LogP) is 0.323. The molecule has 17 heavy (non-hydrogen) atoms. The highest BCUT2D eigenvalue weighted by Crippen LogP contribution is 2.09. The third kappa shape index (κ3) is 3.52. The van der Waals surface area contributed by atoms with Gasteiger partial charge in [-0.25, -0.2) is 0 Å². The van der Waals surface area contributed by atoms with E-state index in [9.17, 15) is 0 Å². The number of likely N-dealkylation sites (N-methyl/N-ethyl adjacent to an activating group) is 1. The van der Waals surface area contributed by atoms with Crippen molar-refractivity contribution in [2.45, 2.75) is 26.1 Å². The second-order valence-corrected chi connectivity index (χ2v) is 4.49. The third-order valence-electron chi connectivity index (χ3n) is 3.07. The molecule has 0 bridgehead atoms. The van der Waals surface area contributed by atoms with Gasteiger partial charge in [0.25, 0.3) is 0 Å². The molecule has 5 heteroatoms. The summed E-state index contributed by atoms with van der Waals surface area (Å²) in [6, 6.07) is 0. The molecule has 96 valence electrons. The highest BCUT2D eigenvalue weighted by atomic mass is 16.5. The predicted molar refractivity (Wildman–Crippen MR) is 66.8 cm³/mol. The van der Waals surface area contributed by atoms with Crippen molar-refractivity contribution in [2.75, 3.05) is 33.3 Å².